The molecule has 1 saturated heterocycles. The molecule has 0 spiro atoms. The number of nitrogens with zero attached hydrogens (tertiary/aromatic N) is 1. The van der Waals surface area contributed by atoms with Gasteiger partial charge in [-0.25, -0.2) is 4.39 Å². The number of nitrogens with one attached hydrogen (secondary N) is 1. The molecule has 2 aliphatic rings. The summed E-state index contributed by atoms with van der Waals surface area (Å²) in [6.45, 7) is 3.40. The van der Waals surface area contributed by atoms with Crippen molar-refractivity contribution in [3.8, 4) is 0 Å². The maximum Gasteiger partial charge on any atom is 0.225 e. The van der Waals surface area contributed by atoms with Crippen LogP contribution in [0.5, 0.6) is 0 Å². The topological polar surface area (TPSA) is 49.4 Å². The molecule has 0 aromatic heterocycles. The summed E-state index contributed by atoms with van der Waals surface area (Å²) in [6.07, 6.45) is 5.81. The van der Waals surface area contributed by atoms with Gasteiger partial charge in [-0.2, -0.15) is 0 Å². The maximum atomic E-state index is 14.0. The van der Waals surface area contributed by atoms with Gasteiger partial charge in [0.15, 0.2) is 0 Å². The average molecular weight is 437 g/mol. The monoisotopic (exact) mass is 436 g/mol. The number of benzene rings is 2. The first-order chi connectivity index (χ1) is 15.5. The Kier molecular flexibility index (Phi) is 7.23. The Hall–Kier alpha value is -2.69. The zero-order valence-corrected chi connectivity index (χ0v) is 18.9. The van der Waals surface area contributed by atoms with Gasteiger partial charge in [-0.3, -0.25) is 9.59 Å². The van der Waals surface area contributed by atoms with Gasteiger partial charge in [-0.05, 0) is 42.9 Å². The zero-order chi connectivity index (χ0) is 22.5. The second kappa shape index (κ2) is 10.3. The Morgan fingerprint density at radius 1 is 1.00 bits per heavy atom. The smallest absolute Gasteiger partial charge is 0.225 e. The third kappa shape index (κ3) is 5.20. The quantitative estimate of drug-likeness (QED) is 0.705. The van der Waals surface area contributed by atoms with Crippen molar-refractivity contribution in [1.82, 2.24) is 10.2 Å². The predicted octanol–water partition coefficient (Wildman–Crippen LogP) is 4.83. The number of halogens is 1. The molecule has 2 amide bonds. The van der Waals surface area contributed by atoms with Gasteiger partial charge in [0.25, 0.3) is 0 Å². The minimum Gasteiger partial charge on any atom is -0.352 e. The fourth-order valence-electron chi connectivity index (χ4n) is 5.14. The van der Waals surface area contributed by atoms with E-state index in [0.717, 1.165) is 32.1 Å². The number of likely N-dealkylation sites (tertiary alicyclic amines) is 1. The van der Waals surface area contributed by atoms with Crippen LogP contribution in [0.3, 0.4) is 0 Å². The van der Waals surface area contributed by atoms with Crippen LogP contribution in [0.4, 0.5) is 4.39 Å². The molecule has 1 saturated carbocycles. The van der Waals surface area contributed by atoms with Crippen molar-refractivity contribution in [1.29, 1.82) is 0 Å². The molecule has 4 rings (SSSR count). The standard InChI is InChI=1S/C27H33FN2O2/c1-2-19-11-13-20(14-12-19)23-15-24(18-30(17-23)27(32)21-7-3-4-8-21)26(31)29-16-22-9-5-6-10-25(22)28/h5-6,9-14,21,23-24H,2-4,7-8,15-18H2,1H3,(H,29,31)/t23-,24-/m0/s1. The van der Waals surface area contributed by atoms with Crippen molar-refractivity contribution in [2.75, 3.05) is 13.1 Å². The molecule has 32 heavy (non-hydrogen) atoms. The molecule has 170 valence electrons. The second-order valence-electron chi connectivity index (χ2n) is 9.26. The summed E-state index contributed by atoms with van der Waals surface area (Å²) >= 11 is 0. The molecule has 5 heteroatoms. The van der Waals surface area contributed by atoms with Crippen molar-refractivity contribution in [2.24, 2.45) is 11.8 Å². The van der Waals surface area contributed by atoms with Crippen LogP contribution >= 0.6 is 0 Å². The van der Waals surface area contributed by atoms with Crippen LogP contribution < -0.4 is 5.32 Å². The molecule has 4 nitrogen and oxygen atoms in total. The van der Waals surface area contributed by atoms with E-state index in [1.54, 1.807) is 18.2 Å². The van der Waals surface area contributed by atoms with E-state index in [9.17, 15) is 14.0 Å². The van der Waals surface area contributed by atoms with Crippen LogP contribution in [-0.4, -0.2) is 29.8 Å². The van der Waals surface area contributed by atoms with Gasteiger partial charge in [0.2, 0.25) is 11.8 Å². The lowest BCUT2D eigenvalue weighted by atomic mass is 9.83. The van der Waals surface area contributed by atoms with Gasteiger partial charge >= 0.3 is 0 Å². The highest BCUT2D eigenvalue weighted by Gasteiger charge is 2.37. The molecule has 1 heterocycles. The van der Waals surface area contributed by atoms with Crippen LogP contribution in [0.15, 0.2) is 48.5 Å². The first-order valence-electron chi connectivity index (χ1n) is 11.9. The molecule has 0 radical (unpaired) electrons. The third-order valence-corrected chi connectivity index (χ3v) is 7.11. The minimum atomic E-state index is -0.316. The van der Waals surface area contributed by atoms with Gasteiger partial charge in [-0.1, -0.05) is 62.2 Å². The lowest BCUT2D eigenvalue weighted by Gasteiger charge is -2.38. The van der Waals surface area contributed by atoms with Crippen molar-refractivity contribution < 1.29 is 14.0 Å². The number of carbonyl (C=O) groups excluding carboxylic acids is 2. The van der Waals surface area contributed by atoms with E-state index in [1.807, 2.05) is 4.90 Å². The largest absolute Gasteiger partial charge is 0.352 e. The van der Waals surface area contributed by atoms with Crippen molar-refractivity contribution >= 4 is 11.8 Å². The number of carbonyl (C=O) groups is 2. The van der Waals surface area contributed by atoms with Crippen LogP contribution in [0.1, 0.15) is 61.6 Å². The lowest BCUT2D eigenvalue weighted by molar-refractivity contribution is -0.139. The Morgan fingerprint density at radius 2 is 1.72 bits per heavy atom. The average Bonchev–Trinajstić information content (AvgIpc) is 3.37. The van der Waals surface area contributed by atoms with Crippen molar-refractivity contribution in [3.63, 3.8) is 0 Å². The molecule has 2 atom stereocenters. The molecule has 2 aromatic carbocycles. The molecule has 1 N–H and O–H groups in total. The highest BCUT2D eigenvalue weighted by molar-refractivity contribution is 5.82. The molecule has 2 fully saturated rings. The van der Waals surface area contributed by atoms with Gasteiger partial charge in [-0.15, -0.1) is 0 Å². The van der Waals surface area contributed by atoms with Gasteiger partial charge < -0.3 is 10.2 Å². The number of rotatable bonds is 6. The summed E-state index contributed by atoms with van der Waals surface area (Å²) in [5.74, 6) is -0.292. The molecular formula is C27H33FN2O2. The highest BCUT2D eigenvalue weighted by Crippen LogP contribution is 2.34. The molecule has 1 aliphatic carbocycles. The Bertz CT molecular complexity index is 937. The minimum absolute atomic E-state index is 0.0957. The van der Waals surface area contributed by atoms with Gasteiger partial charge in [0.05, 0.1) is 5.92 Å². The predicted molar refractivity (Wildman–Crippen MR) is 123 cm³/mol. The van der Waals surface area contributed by atoms with Gasteiger partial charge in [0, 0.05) is 37.0 Å². The first kappa shape index (κ1) is 22.5. The fourth-order valence-corrected chi connectivity index (χ4v) is 5.14. The number of hydrogen-bond donors (Lipinski definition) is 1. The maximum absolute atomic E-state index is 14.0. The molecule has 0 unspecified atom stereocenters. The van der Waals surface area contributed by atoms with Crippen LogP contribution in [0.2, 0.25) is 0 Å². The molecule has 0 bridgehead atoms. The number of piperidine rings is 1. The molecular weight excluding hydrogens is 403 g/mol. The normalized spacial score (nSPS) is 21.5. The molecule has 2 aromatic rings. The first-order valence-corrected chi connectivity index (χ1v) is 11.9. The summed E-state index contributed by atoms with van der Waals surface area (Å²) in [5, 5.41) is 2.91. The number of hydrogen-bond acceptors (Lipinski definition) is 2. The number of amides is 2. The van der Waals surface area contributed by atoms with E-state index >= 15 is 0 Å². The van der Waals surface area contributed by atoms with E-state index in [4.69, 9.17) is 0 Å². The third-order valence-electron chi connectivity index (χ3n) is 7.11. The summed E-state index contributed by atoms with van der Waals surface area (Å²) < 4.78 is 14.0. The summed E-state index contributed by atoms with van der Waals surface area (Å²) in [5.41, 5.74) is 2.93. The van der Waals surface area contributed by atoms with Crippen LogP contribution in [-0.2, 0) is 22.6 Å². The summed E-state index contributed by atoms with van der Waals surface area (Å²) in [7, 11) is 0. The van der Waals surface area contributed by atoms with Crippen molar-refractivity contribution in [3.05, 3.63) is 71.0 Å². The van der Waals surface area contributed by atoms with Gasteiger partial charge in [0.1, 0.15) is 5.82 Å². The highest BCUT2D eigenvalue weighted by atomic mass is 19.1. The Morgan fingerprint density at radius 3 is 2.41 bits per heavy atom. The summed E-state index contributed by atoms with van der Waals surface area (Å²) in [6, 6.07) is 15.1. The SMILES string of the molecule is CCc1ccc([C@H]2C[C@H](C(=O)NCc3ccccc3F)CN(C(=O)C3CCCC3)C2)cc1. The van der Waals surface area contributed by atoms with E-state index in [1.165, 1.54) is 17.2 Å². The van der Waals surface area contributed by atoms with Crippen LogP contribution in [0.25, 0.3) is 0 Å². The van der Waals surface area contributed by atoms with Crippen LogP contribution in [0, 0.1) is 17.7 Å². The second-order valence-corrected chi connectivity index (χ2v) is 9.26. The van der Waals surface area contributed by atoms with E-state index in [0.29, 0.717) is 25.1 Å². The lowest BCUT2D eigenvalue weighted by Crippen LogP contribution is -2.49. The zero-order valence-electron chi connectivity index (χ0n) is 18.9. The fraction of sp³-hybridized carbons (Fsp3) is 0.481. The van der Waals surface area contributed by atoms with E-state index in [2.05, 4.69) is 36.5 Å². The Labute approximate surface area is 190 Å². The van der Waals surface area contributed by atoms with E-state index in [-0.39, 0.29) is 41.9 Å². The van der Waals surface area contributed by atoms with Crippen molar-refractivity contribution in [2.45, 2.75) is 57.9 Å². The summed E-state index contributed by atoms with van der Waals surface area (Å²) in [4.78, 5) is 28.2. The van der Waals surface area contributed by atoms with E-state index < -0.39 is 0 Å². The molecule has 1 aliphatic heterocycles. The number of aryl methyl sites for hydroxylation is 1. The Balaban J connectivity index is 1.49.